The molecule has 0 spiro atoms. The van der Waals surface area contributed by atoms with Gasteiger partial charge >= 0.3 is 29.9 Å². The molecular formula is C5HAgF9O2. The van der Waals surface area contributed by atoms with Crippen molar-refractivity contribution in [2.45, 2.75) is 23.9 Å². The van der Waals surface area contributed by atoms with Crippen molar-refractivity contribution in [1.82, 2.24) is 0 Å². The summed E-state index contributed by atoms with van der Waals surface area (Å²) in [7, 11) is 0. The van der Waals surface area contributed by atoms with Gasteiger partial charge in [-0.1, -0.05) is 0 Å². The van der Waals surface area contributed by atoms with Gasteiger partial charge in [-0.25, -0.2) is 4.79 Å². The third-order valence-electron chi connectivity index (χ3n) is 1.41. The van der Waals surface area contributed by atoms with Crippen molar-refractivity contribution in [1.29, 1.82) is 0 Å². The number of alkyl halides is 9. The molecule has 1 N–H and O–H groups in total. The van der Waals surface area contributed by atoms with E-state index >= 15 is 0 Å². The first-order chi connectivity index (χ1) is 6.69. The Kier molecular flexibility index (Phi) is 5.22. The minimum Gasteiger partial charge on any atom is -0.477 e. The van der Waals surface area contributed by atoms with E-state index in [1.807, 2.05) is 0 Å². The summed E-state index contributed by atoms with van der Waals surface area (Å²) in [5.41, 5.74) is 0. The van der Waals surface area contributed by atoms with E-state index < -0.39 is 29.9 Å². The molecule has 107 valence electrons. The number of carbonyl (C=O) groups is 1. The SMILES string of the molecule is O=C(O)C(F)(F)C(F)(F)C(F)(F)C(F)(F)F.[Ag]. The molecule has 1 radical (unpaired) electrons. The molecule has 0 rings (SSSR count). The Morgan fingerprint density at radius 3 is 1.24 bits per heavy atom. The van der Waals surface area contributed by atoms with Crippen molar-refractivity contribution < 1.29 is 71.8 Å². The second kappa shape index (κ2) is 4.69. The van der Waals surface area contributed by atoms with Gasteiger partial charge in [-0.05, 0) is 0 Å². The van der Waals surface area contributed by atoms with Gasteiger partial charge in [0, 0.05) is 22.4 Å². The maximum atomic E-state index is 12.1. The molecule has 0 bridgehead atoms. The zero-order valence-electron chi connectivity index (χ0n) is 7.06. The van der Waals surface area contributed by atoms with Crippen LogP contribution in [0, 0.1) is 0 Å². The van der Waals surface area contributed by atoms with E-state index in [0.717, 1.165) is 0 Å². The minimum atomic E-state index is -7.16. The Hall–Kier alpha value is -0.420. The van der Waals surface area contributed by atoms with Gasteiger partial charge in [0.2, 0.25) is 0 Å². The standard InChI is InChI=1S/C5HF9O2.Ag/c6-2(7,1(15)16)3(8,9)4(10,11)5(12,13)14;/h(H,15,16);. The van der Waals surface area contributed by atoms with Crippen LogP contribution < -0.4 is 0 Å². The molecule has 0 heterocycles. The van der Waals surface area contributed by atoms with Crippen molar-refractivity contribution >= 4 is 5.97 Å². The van der Waals surface area contributed by atoms with E-state index in [1.165, 1.54) is 0 Å². The van der Waals surface area contributed by atoms with Crippen LogP contribution in [0.4, 0.5) is 39.5 Å². The van der Waals surface area contributed by atoms with E-state index in [1.54, 1.807) is 0 Å². The molecule has 0 fully saturated rings. The summed E-state index contributed by atoms with van der Waals surface area (Å²) in [5.74, 6) is -24.6. The first-order valence-electron chi connectivity index (χ1n) is 3.13. The topological polar surface area (TPSA) is 37.3 Å². The Bertz CT molecular complexity index is 296. The minimum absolute atomic E-state index is 0. The monoisotopic (exact) mass is 371 g/mol. The van der Waals surface area contributed by atoms with Gasteiger partial charge in [0.05, 0.1) is 0 Å². The van der Waals surface area contributed by atoms with Crippen LogP contribution in [-0.4, -0.2) is 35.0 Å². The smallest absolute Gasteiger partial charge is 0.460 e. The quantitative estimate of drug-likeness (QED) is 0.611. The van der Waals surface area contributed by atoms with Crippen LogP contribution in [0.3, 0.4) is 0 Å². The third kappa shape index (κ3) is 2.71. The van der Waals surface area contributed by atoms with Crippen LogP contribution in [-0.2, 0) is 27.2 Å². The third-order valence-corrected chi connectivity index (χ3v) is 1.41. The van der Waals surface area contributed by atoms with Crippen molar-refractivity contribution in [2.75, 3.05) is 0 Å². The van der Waals surface area contributed by atoms with Gasteiger partial charge in [0.15, 0.2) is 0 Å². The number of aliphatic carboxylic acids is 1. The normalized spacial score (nSPS) is 14.2. The molecule has 17 heavy (non-hydrogen) atoms. The zero-order valence-corrected chi connectivity index (χ0v) is 8.54. The number of halogens is 9. The van der Waals surface area contributed by atoms with Crippen LogP contribution in [0.5, 0.6) is 0 Å². The Morgan fingerprint density at radius 1 is 0.765 bits per heavy atom. The summed E-state index contributed by atoms with van der Waals surface area (Å²) in [6, 6.07) is 0. The molecule has 12 heteroatoms. The van der Waals surface area contributed by atoms with E-state index in [9.17, 15) is 44.3 Å². The molecule has 0 saturated heterocycles. The van der Waals surface area contributed by atoms with E-state index in [-0.39, 0.29) is 22.4 Å². The fourth-order valence-electron chi connectivity index (χ4n) is 0.509. The van der Waals surface area contributed by atoms with E-state index in [2.05, 4.69) is 0 Å². The molecule has 0 aromatic rings. The summed E-state index contributed by atoms with van der Waals surface area (Å²) in [6.07, 6.45) is -7.00. The number of rotatable bonds is 3. The Balaban J connectivity index is 0. The van der Waals surface area contributed by atoms with Gasteiger partial charge in [0.1, 0.15) is 0 Å². The fourth-order valence-corrected chi connectivity index (χ4v) is 0.509. The van der Waals surface area contributed by atoms with E-state index in [4.69, 9.17) is 5.11 Å². The Morgan fingerprint density at radius 2 is 1.06 bits per heavy atom. The number of hydrogen-bond donors (Lipinski definition) is 1. The van der Waals surface area contributed by atoms with Gasteiger partial charge in [-0.3, -0.25) is 0 Å². The van der Waals surface area contributed by atoms with Gasteiger partial charge in [-0.15, -0.1) is 0 Å². The maximum absolute atomic E-state index is 12.1. The summed E-state index contributed by atoms with van der Waals surface area (Å²) in [5, 5.41) is 7.48. The van der Waals surface area contributed by atoms with Crippen LogP contribution >= 0.6 is 0 Å². The molecule has 0 aromatic carbocycles. The van der Waals surface area contributed by atoms with Crippen LogP contribution in [0.25, 0.3) is 0 Å². The molecular weight excluding hydrogens is 371 g/mol. The van der Waals surface area contributed by atoms with E-state index in [0.29, 0.717) is 0 Å². The largest absolute Gasteiger partial charge is 0.477 e. The molecule has 0 atom stereocenters. The number of carboxylic acids is 1. The van der Waals surface area contributed by atoms with Gasteiger partial charge < -0.3 is 5.11 Å². The zero-order chi connectivity index (χ0) is 13.6. The van der Waals surface area contributed by atoms with Crippen molar-refractivity contribution in [3.8, 4) is 0 Å². The number of carboxylic acid groups (broad SMARTS) is 1. The van der Waals surface area contributed by atoms with Crippen molar-refractivity contribution in [3.05, 3.63) is 0 Å². The second-order valence-electron chi connectivity index (χ2n) is 2.53. The van der Waals surface area contributed by atoms with Crippen molar-refractivity contribution in [2.24, 2.45) is 0 Å². The first-order valence-corrected chi connectivity index (χ1v) is 3.13. The van der Waals surface area contributed by atoms with Crippen LogP contribution in [0.15, 0.2) is 0 Å². The summed E-state index contributed by atoms with van der Waals surface area (Å²) in [4.78, 5) is 9.51. The van der Waals surface area contributed by atoms with Gasteiger partial charge in [-0.2, -0.15) is 39.5 Å². The van der Waals surface area contributed by atoms with Crippen LogP contribution in [0.2, 0.25) is 0 Å². The predicted molar refractivity (Wildman–Crippen MR) is 28.5 cm³/mol. The second-order valence-corrected chi connectivity index (χ2v) is 2.53. The predicted octanol–water partition coefficient (Wildman–Crippen LogP) is 2.54. The molecule has 0 aliphatic carbocycles. The first kappa shape index (κ1) is 18.9. The maximum Gasteiger partial charge on any atom is 0.460 e. The molecule has 0 aliphatic rings. The molecule has 0 aromatic heterocycles. The Labute approximate surface area is 102 Å². The summed E-state index contributed by atoms with van der Waals surface area (Å²) >= 11 is 0. The molecule has 0 amide bonds. The fraction of sp³-hybridized carbons (Fsp3) is 0.800. The number of hydrogen-bond acceptors (Lipinski definition) is 1. The molecule has 0 aliphatic heterocycles. The van der Waals surface area contributed by atoms with Crippen molar-refractivity contribution in [3.63, 3.8) is 0 Å². The van der Waals surface area contributed by atoms with Gasteiger partial charge in [0.25, 0.3) is 0 Å². The molecule has 0 unspecified atom stereocenters. The average molecular weight is 372 g/mol. The average Bonchev–Trinajstić information content (AvgIpc) is 2.00. The molecule has 0 saturated carbocycles. The summed E-state index contributed by atoms with van der Waals surface area (Å²) < 4.78 is 106. The van der Waals surface area contributed by atoms with Crippen LogP contribution in [0.1, 0.15) is 0 Å². The summed E-state index contributed by atoms with van der Waals surface area (Å²) in [6.45, 7) is 0. The molecule has 2 nitrogen and oxygen atoms in total.